The van der Waals surface area contributed by atoms with Crippen LogP contribution in [-0.2, 0) is 9.53 Å². The van der Waals surface area contributed by atoms with Crippen LogP contribution in [0.3, 0.4) is 0 Å². The van der Waals surface area contributed by atoms with Crippen LogP contribution in [0.1, 0.15) is 41.0 Å². The smallest absolute Gasteiger partial charge is 0.410 e. The van der Waals surface area contributed by atoms with E-state index < -0.39 is 11.6 Å². The third-order valence-electron chi connectivity index (χ3n) is 3.50. The minimum atomic E-state index is -0.478. The first-order valence-corrected chi connectivity index (χ1v) is 7.66. The van der Waals surface area contributed by atoms with Gasteiger partial charge >= 0.3 is 6.09 Å². The molecule has 21 heavy (non-hydrogen) atoms. The highest BCUT2D eigenvalue weighted by atomic mass is 16.6. The summed E-state index contributed by atoms with van der Waals surface area (Å²) < 4.78 is 5.37. The van der Waals surface area contributed by atoms with Gasteiger partial charge < -0.3 is 20.3 Å². The number of amides is 2. The predicted octanol–water partition coefficient (Wildman–Crippen LogP) is 1.44. The maximum Gasteiger partial charge on any atom is 0.410 e. The summed E-state index contributed by atoms with van der Waals surface area (Å²) in [4.78, 5) is 27.5. The average Bonchev–Trinajstić information content (AvgIpc) is 2.81. The molecule has 1 heterocycles. The summed E-state index contributed by atoms with van der Waals surface area (Å²) in [5.41, 5.74) is 5.18. The number of nitrogens with two attached hydrogens (primary N) is 1. The molecular formula is C15H29N3O3. The van der Waals surface area contributed by atoms with Crippen molar-refractivity contribution in [3.05, 3.63) is 0 Å². The second-order valence-corrected chi connectivity index (χ2v) is 6.75. The minimum absolute atomic E-state index is 0.0341. The first-order valence-electron chi connectivity index (χ1n) is 7.66. The second kappa shape index (κ2) is 7.11. The Bertz CT molecular complexity index is 377. The third-order valence-corrected chi connectivity index (χ3v) is 3.50. The van der Waals surface area contributed by atoms with Crippen LogP contribution >= 0.6 is 0 Å². The predicted molar refractivity (Wildman–Crippen MR) is 81.8 cm³/mol. The average molecular weight is 299 g/mol. The number of ether oxygens (including phenoxy) is 1. The lowest BCUT2D eigenvalue weighted by Gasteiger charge is -2.27. The van der Waals surface area contributed by atoms with Gasteiger partial charge in [-0.1, -0.05) is 0 Å². The molecule has 0 aromatic rings. The van der Waals surface area contributed by atoms with Crippen LogP contribution < -0.4 is 5.73 Å². The van der Waals surface area contributed by atoms with Gasteiger partial charge in [0.25, 0.3) is 0 Å². The fourth-order valence-corrected chi connectivity index (χ4v) is 2.45. The Kier molecular flexibility index (Phi) is 6.01. The highest BCUT2D eigenvalue weighted by Gasteiger charge is 2.31. The van der Waals surface area contributed by atoms with Crippen LogP contribution in [0.4, 0.5) is 4.79 Å². The molecule has 0 bridgehead atoms. The molecule has 1 aliphatic heterocycles. The van der Waals surface area contributed by atoms with E-state index in [9.17, 15) is 9.59 Å². The van der Waals surface area contributed by atoms with E-state index in [2.05, 4.69) is 0 Å². The number of nitrogens with zero attached hydrogens (tertiary/aromatic N) is 2. The van der Waals surface area contributed by atoms with Crippen LogP contribution in [0.15, 0.2) is 0 Å². The molecule has 122 valence electrons. The topological polar surface area (TPSA) is 75.9 Å². The lowest BCUT2D eigenvalue weighted by molar-refractivity contribution is -0.132. The van der Waals surface area contributed by atoms with Gasteiger partial charge in [-0.15, -0.1) is 0 Å². The molecule has 6 nitrogen and oxygen atoms in total. The van der Waals surface area contributed by atoms with E-state index in [0.29, 0.717) is 32.1 Å². The summed E-state index contributed by atoms with van der Waals surface area (Å²) in [6, 6.07) is -0.478. The molecule has 1 saturated heterocycles. The Morgan fingerprint density at radius 2 is 2.05 bits per heavy atom. The van der Waals surface area contributed by atoms with E-state index in [1.165, 1.54) is 0 Å². The van der Waals surface area contributed by atoms with E-state index in [1.54, 1.807) is 16.7 Å². The summed E-state index contributed by atoms with van der Waals surface area (Å²) in [7, 11) is 0. The van der Waals surface area contributed by atoms with Gasteiger partial charge in [-0.2, -0.15) is 0 Å². The zero-order chi connectivity index (χ0) is 16.2. The first-order chi connectivity index (χ1) is 9.64. The van der Waals surface area contributed by atoms with Crippen molar-refractivity contribution >= 4 is 12.0 Å². The number of carbonyl (C=O) groups excluding carboxylic acids is 2. The molecule has 2 N–H and O–H groups in total. The molecule has 0 unspecified atom stereocenters. The molecule has 1 aliphatic rings. The SMILES string of the molecule is CCN(C[C@H]1CCN(C(=O)OC(C)(C)C)C1)C(=O)[C@H](C)N. The third kappa shape index (κ3) is 5.53. The highest BCUT2D eigenvalue weighted by molar-refractivity contribution is 5.81. The van der Waals surface area contributed by atoms with E-state index in [4.69, 9.17) is 10.5 Å². The van der Waals surface area contributed by atoms with Crippen LogP contribution in [0, 0.1) is 5.92 Å². The van der Waals surface area contributed by atoms with Crippen LogP contribution in [0.25, 0.3) is 0 Å². The summed E-state index contributed by atoms with van der Waals surface area (Å²) in [5.74, 6) is 0.258. The van der Waals surface area contributed by atoms with Crippen molar-refractivity contribution in [1.82, 2.24) is 9.80 Å². The molecule has 0 aromatic heterocycles. The van der Waals surface area contributed by atoms with E-state index in [1.807, 2.05) is 27.7 Å². The Hall–Kier alpha value is -1.30. The number of carbonyl (C=O) groups is 2. The second-order valence-electron chi connectivity index (χ2n) is 6.75. The largest absolute Gasteiger partial charge is 0.444 e. The Morgan fingerprint density at radius 3 is 2.52 bits per heavy atom. The highest BCUT2D eigenvalue weighted by Crippen LogP contribution is 2.20. The fourth-order valence-electron chi connectivity index (χ4n) is 2.45. The monoisotopic (exact) mass is 299 g/mol. The van der Waals surface area contributed by atoms with E-state index in [0.717, 1.165) is 6.42 Å². The van der Waals surface area contributed by atoms with Gasteiger partial charge in [-0.3, -0.25) is 4.79 Å². The number of likely N-dealkylation sites (tertiary alicyclic amines) is 1. The van der Waals surface area contributed by atoms with E-state index >= 15 is 0 Å². The maximum atomic E-state index is 12.0. The molecule has 1 rings (SSSR count). The number of hydrogen-bond acceptors (Lipinski definition) is 4. The van der Waals surface area contributed by atoms with Gasteiger partial charge in [0.2, 0.25) is 5.91 Å². The Labute approximate surface area is 127 Å². The summed E-state index contributed by atoms with van der Waals surface area (Å²) in [5, 5.41) is 0. The zero-order valence-electron chi connectivity index (χ0n) is 13.9. The molecule has 0 aliphatic carbocycles. The standard InChI is InChI=1S/C15H29N3O3/c1-6-17(13(19)11(2)16)9-12-7-8-18(10-12)14(20)21-15(3,4)5/h11-12H,6-10,16H2,1-5H3/t11-,12+/m0/s1. The first kappa shape index (κ1) is 17.8. The Morgan fingerprint density at radius 1 is 1.43 bits per heavy atom. The van der Waals surface area contributed by atoms with Gasteiger partial charge in [0.05, 0.1) is 6.04 Å². The molecule has 0 saturated carbocycles. The van der Waals surface area contributed by atoms with Crippen molar-refractivity contribution in [2.45, 2.75) is 52.7 Å². The molecule has 0 spiro atoms. The molecule has 6 heteroatoms. The summed E-state index contributed by atoms with van der Waals surface area (Å²) >= 11 is 0. The van der Waals surface area contributed by atoms with Crippen molar-refractivity contribution in [3.63, 3.8) is 0 Å². The van der Waals surface area contributed by atoms with Crippen LogP contribution in [0.2, 0.25) is 0 Å². The zero-order valence-corrected chi connectivity index (χ0v) is 13.9. The minimum Gasteiger partial charge on any atom is -0.444 e. The molecule has 2 atom stereocenters. The van der Waals surface area contributed by atoms with Crippen LogP contribution in [-0.4, -0.2) is 59.6 Å². The van der Waals surface area contributed by atoms with Gasteiger partial charge in [0, 0.05) is 26.2 Å². The summed E-state index contributed by atoms with van der Waals surface area (Å²) in [6.07, 6.45) is 0.619. The van der Waals surface area contributed by atoms with Crippen molar-refractivity contribution < 1.29 is 14.3 Å². The van der Waals surface area contributed by atoms with E-state index in [-0.39, 0.29) is 12.0 Å². The van der Waals surface area contributed by atoms with Gasteiger partial charge in [0.1, 0.15) is 5.60 Å². The fraction of sp³-hybridized carbons (Fsp3) is 0.867. The molecule has 2 amide bonds. The maximum absolute atomic E-state index is 12.0. The number of rotatable bonds is 4. The van der Waals surface area contributed by atoms with Crippen molar-refractivity contribution in [1.29, 1.82) is 0 Å². The van der Waals surface area contributed by atoms with Crippen molar-refractivity contribution in [2.75, 3.05) is 26.2 Å². The molecular weight excluding hydrogens is 270 g/mol. The van der Waals surface area contributed by atoms with Gasteiger partial charge in [-0.25, -0.2) is 4.79 Å². The van der Waals surface area contributed by atoms with Crippen LogP contribution in [0.5, 0.6) is 0 Å². The van der Waals surface area contributed by atoms with Gasteiger partial charge in [-0.05, 0) is 47.0 Å². The normalized spacial score (nSPS) is 20.3. The van der Waals surface area contributed by atoms with Gasteiger partial charge in [0.15, 0.2) is 0 Å². The molecule has 1 fully saturated rings. The molecule has 0 aromatic carbocycles. The number of likely N-dealkylation sites (N-methyl/N-ethyl adjacent to an activating group) is 1. The quantitative estimate of drug-likeness (QED) is 0.852. The lowest BCUT2D eigenvalue weighted by Crippen LogP contribution is -2.44. The lowest BCUT2D eigenvalue weighted by atomic mass is 10.1. The molecule has 0 radical (unpaired) electrons. The summed E-state index contributed by atoms with van der Waals surface area (Å²) in [6.45, 7) is 11.8. The van der Waals surface area contributed by atoms with Crippen molar-refractivity contribution in [2.24, 2.45) is 11.7 Å². The Balaban J connectivity index is 2.50. The number of hydrogen-bond donors (Lipinski definition) is 1. The van der Waals surface area contributed by atoms with Crippen molar-refractivity contribution in [3.8, 4) is 0 Å².